The van der Waals surface area contributed by atoms with Crippen LogP contribution in [0.5, 0.6) is 0 Å². The van der Waals surface area contributed by atoms with Gasteiger partial charge in [-0.1, -0.05) is 30.3 Å². The number of nitrogens with one attached hydrogen (secondary N) is 1. The van der Waals surface area contributed by atoms with Crippen LogP contribution in [0.1, 0.15) is 29.3 Å². The molecule has 0 amide bonds. The number of benzene rings is 2. The monoisotopic (exact) mass is 397 g/mol. The average molecular weight is 398 g/mol. The SMILES string of the molecule is CCN(C(=S)Nc1ccc(C(=O)OC)cc1)C1CCN(Cc2ccccc2)C1. The molecule has 0 bridgehead atoms. The lowest BCUT2D eigenvalue weighted by Crippen LogP contribution is -2.44. The lowest BCUT2D eigenvalue weighted by atomic mass is 10.2. The Balaban J connectivity index is 1.57. The molecular weight excluding hydrogens is 370 g/mol. The summed E-state index contributed by atoms with van der Waals surface area (Å²) in [6.07, 6.45) is 1.10. The molecule has 0 saturated carbocycles. The molecule has 0 spiro atoms. The van der Waals surface area contributed by atoms with Crippen molar-refractivity contribution in [3.05, 3.63) is 65.7 Å². The highest BCUT2D eigenvalue weighted by Gasteiger charge is 2.28. The highest BCUT2D eigenvalue weighted by atomic mass is 32.1. The number of esters is 1. The zero-order valence-electron chi connectivity index (χ0n) is 16.4. The number of likely N-dealkylation sites (tertiary alicyclic amines) is 1. The van der Waals surface area contributed by atoms with Crippen molar-refractivity contribution in [1.29, 1.82) is 0 Å². The molecule has 0 aromatic heterocycles. The van der Waals surface area contributed by atoms with Gasteiger partial charge in [-0.3, -0.25) is 4.90 Å². The summed E-state index contributed by atoms with van der Waals surface area (Å²) in [6, 6.07) is 18.2. The topological polar surface area (TPSA) is 44.8 Å². The molecule has 1 fully saturated rings. The number of hydrogen-bond donors (Lipinski definition) is 1. The third-order valence-electron chi connectivity index (χ3n) is 5.10. The molecule has 0 aliphatic carbocycles. The molecule has 1 aliphatic rings. The van der Waals surface area contributed by atoms with Crippen LogP contribution in [0.2, 0.25) is 0 Å². The van der Waals surface area contributed by atoms with Gasteiger partial charge in [-0.2, -0.15) is 0 Å². The quantitative estimate of drug-likeness (QED) is 0.591. The van der Waals surface area contributed by atoms with Crippen LogP contribution in [-0.2, 0) is 11.3 Å². The number of ether oxygens (including phenoxy) is 1. The van der Waals surface area contributed by atoms with Gasteiger partial charge in [0, 0.05) is 37.9 Å². The van der Waals surface area contributed by atoms with Gasteiger partial charge in [0.2, 0.25) is 0 Å². The lowest BCUT2D eigenvalue weighted by molar-refractivity contribution is 0.0601. The van der Waals surface area contributed by atoms with Gasteiger partial charge in [-0.05, 0) is 55.4 Å². The summed E-state index contributed by atoms with van der Waals surface area (Å²) in [5, 5.41) is 4.03. The number of hydrogen-bond acceptors (Lipinski definition) is 4. The summed E-state index contributed by atoms with van der Waals surface area (Å²) < 4.78 is 4.73. The van der Waals surface area contributed by atoms with Gasteiger partial charge in [0.15, 0.2) is 5.11 Å². The Morgan fingerprint density at radius 2 is 1.93 bits per heavy atom. The lowest BCUT2D eigenvalue weighted by Gasteiger charge is -2.30. The number of likely N-dealkylation sites (N-methyl/N-ethyl adjacent to an activating group) is 1. The van der Waals surface area contributed by atoms with E-state index in [9.17, 15) is 4.79 Å². The highest BCUT2D eigenvalue weighted by Crippen LogP contribution is 2.20. The number of carbonyl (C=O) groups excluding carboxylic acids is 1. The molecule has 1 atom stereocenters. The van der Waals surface area contributed by atoms with Crippen molar-refractivity contribution >= 4 is 29.0 Å². The van der Waals surface area contributed by atoms with Crippen molar-refractivity contribution in [3.8, 4) is 0 Å². The minimum Gasteiger partial charge on any atom is -0.465 e. The Kier molecular flexibility index (Phi) is 7.01. The van der Waals surface area contributed by atoms with Crippen LogP contribution in [0, 0.1) is 0 Å². The van der Waals surface area contributed by atoms with Gasteiger partial charge in [0.25, 0.3) is 0 Å². The van der Waals surface area contributed by atoms with Gasteiger partial charge >= 0.3 is 5.97 Å². The molecule has 2 aromatic rings. The molecule has 5 nitrogen and oxygen atoms in total. The Bertz CT molecular complexity index is 795. The number of methoxy groups -OCH3 is 1. The molecule has 1 unspecified atom stereocenters. The van der Waals surface area contributed by atoms with Crippen molar-refractivity contribution < 1.29 is 9.53 Å². The van der Waals surface area contributed by atoms with E-state index < -0.39 is 0 Å². The first-order valence-electron chi connectivity index (χ1n) is 9.63. The number of rotatable bonds is 6. The highest BCUT2D eigenvalue weighted by molar-refractivity contribution is 7.80. The van der Waals surface area contributed by atoms with E-state index in [1.165, 1.54) is 12.7 Å². The van der Waals surface area contributed by atoms with Crippen molar-refractivity contribution in [1.82, 2.24) is 9.80 Å². The standard InChI is InChI=1S/C22H27N3O2S/c1-3-25(20-13-14-24(16-20)15-17-7-5-4-6-8-17)22(28)23-19-11-9-18(10-12-19)21(26)27-2/h4-12,20H,3,13-16H2,1-2H3,(H,23,28). The Morgan fingerprint density at radius 3 is 2.57 bits per heavy atom. The number of nitrogens with zero attached hydrogens (tertiary/aromatic N) is 2. The summed E-state index contributed by atoms with van der Waals surface area (Å²) in [7, 11) is 1.38. The summed E-state index contributed by atoms with van der Waals surface area (Å²) in [5.41, 5.74) is 2.74. The smallest absolute Gasteiger partial charge is 0.337 e. The zero-order chi connectivity index (χ0) is 19.9. The first kappa shape index (κ1) is 20.3. The second kappa shape index (κ2) is 9.66. The number of anilines is 1. The van der Waals surface area contributed by atoms with E-state index in [4.69, 9.17) is 17.0 Å². The molecular formula is C22H27N3O2S. The van der Waals surface area contributed by atoms with E-state index in [1.807, 2.05) is 12.1 Å². The third kappa shape index (κ3) is 5.09. The van der Waals surface area contributed by atoms with Crippen LogP contribution in [0.4, 0.5) is 5.69 Å². The average Bonchev–Trinajstić information content (AvgIpc) is 3.17. The second-order valence-electron chi connectivity index (χ2n) is 6.95. The molecule has 6 heteroatoms. The molecule has 0 radical (unpaired) electrons. The molecule has 1 aliphatic heterocycles. The van der Waals surface area contributed by atoms with Crippen LogP contribution in [0.3, 0.4) is 0 Å². The van der Waals surface area contributed by atoms with Gasteiger partial charge in [0.1, 0.15) is 0 Å². The first-order valence-corrected chi connectivity index (χ1v) is 10.0. The maximum atomic E-state index is 11.6. The fourth-order valence-electron chi connectivity index (χ4n) is 3.62. The van der Waals surface area contributed by atoms with Crippen molar-refractivity contribution in [3.63, 3.8) is 0 Å². The van der Waals surface area contributed by atoms with Crippen LogP contribution in [0.25, 0.3) is 0 Å². The third-order valence-corrected chi connectivity index (χ3v) is 5.43. The molecule has 1 N–H and O–H groups in total. The molecule has 2 aromatic carbocycles. The number of thiocarbonyl (C=S) groups is 1. The minimum atomic E-state index is -0.339. The van der Waals surface area contributed by atoms with Gasteiger partial charge in [0.05, 0.1) is 12.7 Å². The summed E-state index contributed by atoms with van der Waals surface area (Å²) in [4.78, 5) is 16.3. The molecule has 28 heavy (non-hydrogen) atoms. The predicted octanol–water partition coefficient (Wildman–Crippen LogP) is 3.77. The minimum absolute atomic E-state index is 0.339. The fraction of sp³-hybridized carbons (Fsp3) is 0.364. The Hall–Kier alpha value is -2.44. The molecule has 3 rings (SSSR count). The fourth-order valence-corrected chi connectivity index (χ4v) is 4.02. The van der Waals surface area contributed by atoms with E-state index in [0.717, 1.165) is 43.4 Å². The van der Waals surface area contributed by atoms with Crippen molar-refractivity contribution in [2.24, 2.45) is 0 Å². The van der Waals surface area contributed by atoms with E-state index in [0.29, 0.717) is 11.6 Å². The van der Waals surface area contributed by atoms with Gasteiger partial charge in [-0.15, -0.1) is 0 Å². The largest absolute Gasteiger partial charge is 0.465 e. The Labute approximate surface area is 172 Å². The number of carbonyl (C=O) groups is 1. The van der Waals surface area contributed by atoms with Gasteiger partial charge in [-0.25, -0.2) is 4.79 Å². The van der Waals surface area contributed by atoms with Crippen LogP contribution < -0.4 is 5.32 Å². The molecule has 1 saturated heterocycles. The van der Waals surface area contributed by atoms with Crippen LogP contribution in [-0.4, -0.2) is 53.7 Å². The maximum absolute atomic E-state index is 11.6. The van der Waals surface area contributed by atoms with E-state index in [-0.39, 0.29) is 5.97 Å². The normalized spacial score (nSPS) is 16.6. The van der Waals surface area contributed by atoms with Crippen molar-refractivity contribution in [2.45, 2.75) is 25.9 Å². The Morgan fingerprint density at radius 1 is 1.21 bits per heavy atom. The van der Waals surface area contributed by atoms with E-state index >= 15 is 0 Å². The van der Waals surface area contributed by atoms with E-state index in [2.05, 4.69) is 52.4 Å². The summed E-state index contributed by atoms with van der Waals surface area (Å²) in [6.45, 7) is 6.05. The molecule has 1 heterocycles. The van der Waals surface area contributed by atoms with E-state index in [1.54, 1.807) is 12.1 Å². The zero-order valence-corrected chi connectivity index (χ0v) is 17.2. The first-order chi connectivity index (χ1) is 13.6. The van der Waals surface area contributed by atoms with Crippen LogP contribution >= 0.6 is 12.2 Å². The summed E-state index contributed by atoms with van der Waals surface area (Å²) in [5.74, 6) is -0.339. The molecule has 148 valence electrons. The predicted molar refractivity (Wildman–Crippen MR) is 117 cm³/mol. The van der Waals surface area contributed by atoms with Gasteiger partial charge < -0.3 is 15.0 Å². The second-order valence-corrected chi connectivity index (χ2v) is 7.34. The van der Waals surface area contributed by atoms with Crippen molar-refractivity contribution in [2.75, 3.05) is 32.1 Å². The maximum Gasteiger partial charge on any atom is 0.337 e. The summed E-state index contributed by atoms with van der Waals surface area (Å²) >= 11 is 5.67. The van der Waals surface area contributed by atoms with Crippen LogP contribution in [0.15, 0.2) is 54.6 Å².